The summed E-state index contributed by atoms with van der Waals surface area (Å²) in [6.45, 7) is 3.23. The molecule has 1 aliphatic rings. The van der Waals surface area contributed by atoms with Crippen LogP contribution in [0.5, 0.6) is 0 Å². The zero-order valence-corrected chi connectivity index (χ0v) is 9.60. The zero-order chi connectivity index (χ0) is 9.80. The molecule has 1 aromatic carbocycles. The van der Waals surface area contributed by atoms with Crippen molar-refractivity contribution in [1.82, 2.24) is 4.90 Å². The molecule has 0 aliphatic carbocycles. The summed E-state index contributed by atoms with van der Waals surface area (Å²) in [4.78, 5) is 2.40. The van der Waals surface area contributed by atoms with E-state index in [1.54, 1.807) is 12.1 Å². The lowest BCUT2D eigenvalue weighted by Crippen LogP contribution is -2.29. The molecule has 0 saturated carbocycles. The molecule has 0 spiro atoms. The summed E-state index contributed by atoms with van der Waals surface area (Å²) in [6.07, 6.45) is 3.92. The summed E-state index contributed by atoms with van der Waals surface area (Å²) >= 11 is 0. The minimum Gasteiger partial charge on any atom is -0.299 e. The summed E-state index contributed by atoms with van der Waals surface area (Å²) in [5.74, 6) is -0.125. The fourth-order valence-corrected chi connectivity index (χ4v) is 2.01. The van der Waals surface area contributed by atoms with Gasteiger partial charge in [-0.2, -0.15) is 0 Å². The Balaban J connectivity index is 0.00000112. The van der Waals surface area contributed by atoms with Gasteiger partial charge in [0.1, 0.15) is 5.82 Å². The molecule has 1 heterocycles. The summed E-state index contributed by atoms with van der Waals surface area (Å²) in [5.41, 5.74) is 1.09. The molecular formula is C12H17ClFN. The van der Waals surface area contributed by atoms with E-state index in [9.17, 15) is 4.39 Å². The molecule has 0 amide bonds. The Hall–Kier alpha value is -0.600. The molecule has 1 nitrogen and oxygen atoms in total. The highest BCUT2D eigenvalue weighted by molar-refractivity contribution is 5.85. The quantitative estimate of drug-likeness (QED) is 0.753. The largest absolute Gasteiger partial charge is 0.299 e. The van der Waals surface area contributed by atoms with Crippen LogP contribution in [-0.4, -0.2) is 18.0 Å². The molecule has 0 atom stereocenters. The molecular weight excluding hydrogens is 213 g/mol. The van der Waals surface area contributed by atoms with Crippen LogP contribution >= 0.6 is 12.4 Å². The Morgan fingerprint density at radius 2 is 1.87 bits per heavy atom. The predicted octanol–water partition coefficient (Wildman–Crippen LogP) is 3.23. The van der Waals surface area contributed by atoms with Crippen molar-refractivity contribution < 1.29 is 4.39 Å². The van der Waals surface area contributed by atoms with Gasteiger partial charge in [0.25, 0.3) is 0 Å². The molecule has 3 heteroatoms. The third-order valence-electron chi connectivity index (χ3n) is 2.74. The van der Waals surface area contributed by atoms with E-state index >= 15 is 0 Å². The van der Waals surface area contributed by atoms with E-state index < -0.39 is 0 Å². The molecule has 84 valence electrons. The van der Waals surface area contributed by atoms with E-state index in [1.807, 2.05) is 6.07 Å². The van der Waals surface area contributed by atoms with Gasteiger partial charge in [0.05, 0.1) is 0 Å². The van der Waals surface area contributed by atoms with Crippen LogP contribution in [0.1, 0.15) is 24.8 Å². The summed E-state index contributed by atoms with van der Waals surface area (Å²) < 4.78 is 12.9. The number of benzene rings is 1. The Labute approximate surface area is 96.7 Å². The fourth-order valence-electron chi connectivity index (χ4n) is 2.01. The highest BCUT2D eigenvalue weighted by Crippen LogP contribution is 2.13. The van der Waals surface area contributed by atoms with Crippen molar-refractivity contribution in [2.45, 2.75) is 25.8 Å². The molecule has 0 bridgehead atoms. The summed E-state index contributed by atoms with van der Waals surface area (Å²) in [7, 11) is 0. The minimum absolute atomic E-state index is 0. The van der Waals surface area contributed by atoms with Crippen LogP contribution in [0.3, 0.4) is 0 Å². The fraction of sp³-hybridized carbons (Fsp3) is 0.500. The first-order chi connectivity index (χ1) is 6.84. The van der Waals surface area contributed by atoms with Crippen molar-refractivity contribution in [2.24, 2.45) is 0 Å². The first kappa shape index (κ1) is 12.5. The maximum atomic E-state index is 12.9. The molecule has 0 N–H and O–H groups in total. The second kappa shape index (κ2) is 6.09. The molecule has 1 aromatic rings. The van der Waals surface area contributed by atoms with Gasteiger partial charge < -0.3 is 0 Å². The van der Waals surface area contributed by atoms with E-state index in [1.165, 1.54) is 25.3 Å². The third-order valence-corrected chi connectivity index (χ3v) is 2.74. The number of rotatable bonds is 2. The van der Waals surface area contributed by atoms with Gasteiger partial charge in [-0.3, -0.25) is 4.90 Å². The van der Waals surface area contributed by atoms with Crippen LogP contribution in [0.25, 0.3) is 0 Å². The van der Waals surface area contributed by atoms with Crippen molar-refractivity contribution in [2.75, 3.05) is 13.1 Å². The number of halogens is 2. The lowest BCUT2D eigenvalue weighted by atomic mass is 10.1. The molecule has 1 aliphatic heterocycles. The predicted molar refractivity (Wildman–Crippen MR) is 62.8 cm³/mol. The van der Waals surface area contributed by atoms with Crippen molar-refractivity contribution in [3.8, 4) is 0 Å². The topological polar surface area (TPSA) is 3.24 Å². The van der Waals surface area contributed by atoms with E-state index in [0.29, 0.717) is 0 Å². The average molecular weight is 230 g/mol. The second-order valence-electron chi connectivity index (χ2n) is 3.97. The number of piperidine rings is 1. The maximum absolute atomic E-state index is 12.9. The van der Waals surface area contributed by atoms with Gasteiger partial charge in [0.2, 0.25) is 0 Å². The van der Waals surface area contributed by atoms with E-state index in [4.69, 9.17) is 0 Å². The molecule has 2 rings (SSSR count). The zero-order valence-electron chi connectivity index (χ0n) is 8.79. The van der Waals surface area contributed by atoms with Crippen LogP contribution < -0.4 is 0 Å². The van der Waals surface area contributed by atoms with Crippen molar-refractivity contribution in [3.05, 3.63) is 35.6 Å². The molecule has 0 unspecified atom stereocenters. The van der Waals surface area contributed by atoms with Crippen molar-refractivity contribution in [1.29, 1.82) is 0 Å². The SMILES string of the molecule is Cl.Fc1cccc(CN2CCCCC2)c1. The second-order valence-corrected chi connectivity index (χ2v) is 3.97. The summed E-state index contributed by atoms with van der Waals surface area (Å²) in [5, 5.41) is 0. The number of hydrogen-bond acceptors (Lipinski definition) is 1. The van der Waals surface area contributed by atoms with E-state index in [0.717, 1.165) is 25.2 Å². The van der Waals surface area contributed by atoms with Crippen LogP contribution in [0.4, 0.5) is 4.39 Å². The van der Waals surface area contributed by atoms with E-state index in [-0.39, 0.29) is 18.2 Å². The van der Waals surface area contributed by atoms with Gasteiger partial charge in [-0.15, -0.1) is 12.4 Å². The first-order valence-electron chi connectivity index (χ1n) is 5.31. The molecule has 0 radical (unpaired) electrons. The highest BCUT2D eigenvalue weighted by atomic mass is 35.5. The average Bonchev–Trinajstić information content (AvgIpc) is 2.19. The molecule has 1 saturated heterocycles. The lowest BCUT2D eigenvalue weighted by molar-refractivity contribution is 0.220. The summed E-state index contributed by atoms with van der Waals surface area (Å²) in [6, 6.07) is 6.92. The standard InChI is InChI=1S/C12H16FN.ClH/c13-12-6-4-5-11(9-12)10-14-7-2-1-3-8-14;/h4-6,9H,1-3,7-8,10H2;1H. The normalized spacial score (nSPS) is 17.1. The third kappa shape index (κ3) is 3.80. The van der Waals surface area contributed by atoms with Gasteiger partial charge in [0, 0.05) is 6.54 Å². The Kier molecular flexibility index (Phi) is 5.06. The van der Waals surface area contributed by atoms with Crippen LogP contribution in [0, 0.1) is 5.82 Å². The molecule has 15 heavy (non-hydrogen) atoms. The van der Waals surface area contributed by atoms with Gasteiger partial charge in [-0.05, 0) is 43.6 Å². The van der Waals surface area contributed by atoms with Crippen LogP contribution in [-0.2, 0) is 6.54 Å². The Morgan fingerprint density at radius 3 is 2.53 bits per heavy atom. The smallest absolute Gasteiger partial charge is 0.123 e. The number of nitrogens with zero attached hydrogens (tertiary/aromatic N) is 1. The van der Waals surface area contributed by atoms with Crippen LogP contribution in [0.2, 0.25) is 0 Å². The Bertz CT molecular complexity index is 297. The van der Waals surface area contributed by atoms with Gasteiger partial charge in [-0.25, -0.2) is 4.39 Å². The van der Waals surface area contributed by atoms with Crippen molar-refractivity contribution >= 4 is 12.4 Å². The molecule has 0 aromatic heterocycles. The Morgan fingerprint density at radius 1 is 1.13 bits per heavy atom. The lowest BCUT2D eigenvalue weighted by Gasteiger charge is -2.26. The first-order valence-corrected chi connectivity index (χ1v) is 5.31. The highest BCUT2D eigenvalue weighted by Gasteiger charge is 2.10. The maximum Gasteiger partial charge on any atom is 0.123 e. The van der Waals surface area contributed by atoms with Gasteiger partial charge in [0.15, 0.2) is 0 Å². The molecule has 1 fully saturated rings. The monoisotopic (exact) mass is 229 g/mol. The van der Waals surface area contributed by atoms with Crippen LogP contribution in [0.15, 0.2) is 24.3 Å². The van der Waals surface area contributed by atoms with Gasteiger partial charge >= 0.3 is 0 Å². The number of likely N-dealkylation sites (tertiary alicyclic amines) is 1. The number of hydrogen-bond donors (Lipinski definition) is 0. The van der Waals surface area contributed by atoms with E-state index in [2.05, 4.69) is 4.90 Å². The minimum atomic E-state index is -0.125. The van der Waals surface area contributed by atoms with Gasteiger partial charge in [-0.1, -0.05) is 18.6 Å². The van der Waals surface area contributed by atoms with Crippen molar-refractivity contribution in [3.63, 3.8) is 0 Å².